The Morgan fingerprint density at radius 3 is 2.31 bits per heavy atom. The number of carbonyl (C=O) groups is 1. The Labute approximate surface area is 201 Å². The van der Waals surface area contributed by atoms with Gasteiger partial charge in [0.05, 0.1) is 6.61 Å². The molecule has 5 N–H and O–H groups in total. The van der Waals surface area contributed by atoms with Gasteiger partial charge in [0.2, 0.25) is 12.4 Å². The molecule has 0 spiro atoms. The van der Waals surface area contributed by atoms with Crippen LogP contribution in [0.3, 0.4) is 0 Å². The minimum Gasteiger partial charge on any atom is -0.478 e. The highest BCUT2D eigenvalue weighted by atomic mass is 16.7. The third-order valence-electron chi connectivity index (χ3n) is 5.70. The van der Waals surface area contributed by atoms with E-state index in [2.05, 4.69) is 0 Å². The molecule has 1 aliphatic rings. The lowest BCUT2D eigenvalue weighted by Gasteiger charge is -2.39. The van der Waals surface area contributed by atoms with Gasteiger partial charge in [0, 0.05) is 11.1 Å². The first-order chi connectivity index (χ1) is 16.9. The lowest BCUT2D eigenvalue weighted by molar-refractivity contribution is -0.277. The SMILES string of the molecule is O=C(O)C(Oc1cccc(-c2ccccc2O[C@H]2O[C@H](CO)[C@@H](O)[C@@H](O)[C@@H]2O)c1)c1ccccc1. The molecule has 9 nitrogen and oxygen atoms in total. The van der Waals surface area contributed by atoms with Gasteiger partial charge in [0.15, 0.2) is 0 Å². The van der Waals surface area contributed by atoms with Crippen molar-refractivity contribution in [2.45, 2.75) is 36.8 Å². The maximum Gasteiger partial charge on any atom is 0.349 e. The van der Waals surface area contributed by atoms with Crippen molar-refractivity contribution in [3.8, 4) is 22.6 Å². The number of ether oxygens (including phenoxy) is 3. The molecule has 0 bridgehead atoms. The zero-order chi connectivity index (χ0) is 24.9. The molecule has 1 aliphatic heterocycles. The predicted molar refractivity (Wildman–Crippen MR) is 124 cm³/mol. The molecule has 9 heteroatoms. The molecule has 1 unspecified atom stereocenters. The Bertz CT molecular complexity index is 1130. The van der Waals surface area contributed by atoms with Crippen molar-refractivity contribution < 1.29 is 44.5 Å². The van der Waals surface area contributed by atoms with E-state index in [1.807, 2.05) is 0 Å². The van der Waals surface area contributed by atoms with Crippen LogP contribution in [0.5, 0.6) is 11.5 Å². The fourth-order valence-corrected chi connectivity index (χ4v) is 3.86. The van der Waals surface area contributed by atoms with E-state index in [9.17, 15) is 30.3 Å². The van der Waals surface area contributed by atoms with Crippen molar-refractivity contribution in [2.24, 2.45) is 0 Å². The molecule has 1 saturated heterocycles. The topological polar surface area (TPSA) is 146 Å². The Hall–Kier alpha value is -3.47. The molecule has 0 amide bonds. The summed E-state index contributed by atoms with van der Waals surface area (Å²) in [5.41, 5.74) is 1.72. The zero-order valence-corrected chi connectivity index (χ0v) is 18.5. The molecule has 184 valence electrons. The highest BCUT2D eigenvalue weighted by Gasteiger charge is 2.44. The van der Waals surface area contributed by atoms with E-state index in [4.69, 9.17) is 14.2 Å². The minimum atomic E-state index is -1.57. The summed E-state index contributed by atoms with van der Waals surface area (Å²) in [4.78, 5) is 11.8. The Morgan fingerprint density at radius 2 is 1.60 bits per heavy atom. The second kappa shape index (κ2) is 10.9. The molecule has 3 aromatic carbocycles. The summed E-state index contributed by atoms with van der Waals surface area (Å²) >= 11 is 0. The van der Waals surface area contributed by atoms with Crippen LogP contribution in [0, 0.1) is 0 Å². The van der Waals surface area contributed by atoms with Crippen molar-refractivity contribution in [3.63, 3.8) is 0 Å². The Kier molecular flexibility index (Phi) is 7.64. The van der Waals surface area contributed by atoms with Gasteiger partial charge in [-0.3, -0.25) is 0 Å². The molecular weight excluding hydrogens is 456 g/mol. The summed E-state index contributed by atoms with van der Waals surface area (Å²) in [5, 5.41) is 49.5. The van der Waals surface area contributed by atoms with Crippen LogP contribution in [0.2, 0.25) is 0 Å². The van der Waals surface area contributed by atoms with E-state index >= 15 is 0 Å². The van der Waals surface area contributed by atoms with Gasteiger partial charge in [-0.25, -0.2) is 4.79 Å². The number of aliphatic hydroxyl groups is 4. The van der Waals surface area contributed by atoms with E-state index in [0.29, 0.717) is 28.2 Å². The average molecular weight is 482 g/mol. The average Bonchev–Trinajstić information content (AvgIpc) is 2.88. The smallest absolute Gasteiger partial charge is 0.349 e. The van der Waals surface area contributed by atoms with Crippen LogP contribution in [-0.4, -0.2) is 68.8 Å². The second-order valence-electron chi connectivity index (χ2n) is 8.09. The molecule has 1 fully saturated rings. The summed E-state index contributed by atoms with van der Waals surface area (Å²) in [6.45, 7) is -0.571. The van der Waals surface area contributed by atoms with Gasteiger partial charge in [0.25, 0.3) is 0 Å². The van der Waals surface area contributed by atoms with E-state index in [-0.39, 0.29) is 0 Å². The van der Waals surface area contributed by atoms with Crippen molar-refractivity contribution in [3.05, 3.63) is 84.4 Å². The van der Waals surface area contributed by atoms with Gasteiger partial charge in [0.1, 0.15) is 35.9 Å². The highest BCUT2D eigenvalue weighted by Crippen LogP contribution is 2.35. The normalized spacial score (nSPS) is 25.0. The van der Waals surface area contributed by atoms with Crippen LogP contribution in [0.4, 0.5) is 0 Å². The van der Waals surface area contributed by atoms with E-state index in [0.717, 1.165) is 0 Å². The lowest BCUT2D eigenvalue weighted by Crippen LogP contribution is -2.60. The standard InChI is InChI=1S/C26H26O9/c27-14-20-21(28)22(29)23(30)26(35-20)34-19-12-5-4-11-18(19)16-9-6-10-17(13-16)33-24(25(31)32)15-7-2-1-3-8-15/h1-13,20-24,26-30H,14H2,(H,31,32)/t20-,21-,22-,23+,24?,26+/m1/s1. The van der Waals surface area contributed by atoms with Gasteiger partial charge < -0.3 is 39.7 Å². The number of rotatable bonds is 8. The summed E-state index contributed by atoms with van der Waals surface area (Å²) < 4.78 is 17.1. The van der Waals surface area contributed by atoms with Crippen LogP contribution < -0.4 is 9.47 Å². The number of aliphatic hydroxyl groups excluding tert-OH is 4. The lowest BCUT2D eigenvalue weighted by atomic mass is 9.99. The largest absolute Gasteiger partial charge is 0.478 e. The second-order valence-corrected chi connectivity index (χ2v) is 8.09. The number of carboxylic acid groups (broad SMARTS) is 1. The Balaban J connectivity index is 1.59. The minimum absolute atomic E-state index is 0.298. The third kappa shape index (κ3) is 5.45. The summed E-state index contributed by atoms with van der Waals surface area (Å²) in [6.07, 6.45) is -8.27. The third-order valence-corrected chi connectivity index (χ3v) is 5.70. The van der Waals surface area contributed by atoms with Crippen LogP contribution >= 0.6 is 0 Å². The van der Waals surface area contributed by atoms with E-state index < -0.39 is 49.4 Å². The molecular formula is C26H26O9. The quantitative estimate of drug-likeness (QED) is 0.324. The maximum atomic E-state index is 11.8. The van der Waals surface area contributed by atoms with Gasteiger partial charge in [-0.15, -0.1) is 0 Å². The molecule has 35 heavy (non-hydrogen) atoms. The van der Waals surface area contributed by atoms with Crippen molar-refractivity contribution in [1.82, 2.24) is 0 Å². The number of carboxylic acids is 1. The Morgan fingerprint density at radius 1 is 0.886 bits per heavy atom. The molecule has 3 aromatic rings. The number of hydrogen-bond donors (Lipinski definition) is 5. The predicted octanol–water partition coefficient (Wildman–Crippen LogP) is 1.74. The molecule has 0 aliphatic carbocycles. The summed E-state index contributed by atoms with van der Waals surface area (Å²) in [7, 11) is 0. The van der Waals surface area contributed by atoms with Crippen LogP contribution in [0.15, 0.2) is 78.9 Å². The molecule has 4 rings (SSSR count). The fraction of sp³-hybridized carbons (Fsp3) is 0.269. The van der Waals surface area contributed by atoms with E-state index in [1.165, 1.54) is 0 Å². The first kappa shape index (κ1) is 24.6. The van der Waals surface area contributed by atoms with Crippen LogP contribution in [0.1, 0.15) is 11.7 Å². The molecule has 0 radical (unpaired) electrons. The van der Waals surface area contributed by atoms with Crippen molar-refractivity contribution >= 4 is 5.97 Å². The molecule has 6 atom stereocenters. The number of benzene rings is 3. The summed E-state index contributed by atoms with van der Waals surface area (Å²) in [5.74, 6) is -0.513. The van der Waals surface area contributed by atoms with Gasteiger partial charge in [-0.2, -0.15) is 0 Å². The van der Waals surface area contributed by atoms with Crippen LogP contribution in [0.25, 0.3) is 11.1 Å². The first-order valence-electron chi connectivity index (χ1n) is 11.0. The van der Waals surface area contributed by atoms with Gasteiger partial charge in [-0.1, -0.05) is 60.7 Å². The van der Waals surface area contributed by atoms with E-state index in [1.54, 1.807) is 78.9 Å². The molecule has 0 saturated carbocycles. The fourth-order valence-electron chi connectivity index (χ4n) is 3.86. The monoisotopic (exact) mass is 482 g/mol. The summed E-state index contributed by atoms with van der Waals surface area (Å²) in [6, 6.07) is 22.3. The van der Waals surface area contributed by atoms with Gasteiger partial charge >= 0.3 is 5.97 Å². The molecule has 1 heterocycles. The maximum absolute atomic E-state index is 11.8. The van der Waals surface area contributed by atoms with Crippen molar-refractivity contribution in [1.29, 1.82) is 0 Å². The first-order valence-corrected chi connectivity index (χ1v) is 11.0. The van der Waals surface area contributed by atoms with Crippen LogP contribution in [-0.2, 0) is 9.53 Å². The number of para-hydroxylation sites is 1. The zero-order valence-electron chi connectivity index (χ0n) is 18.5. The number of aliphatic carboxylic acids is 1. The van der Waals surface area contributed by atoms with Gasteiger partial charge in [-0.05, 0) is 23.8 Å². The highest BCUT2D eigenvalue weighted by molar-refractivity contribution is 5.75. The molecule has 0 aromatic heterocycles. The van der Waals surface area contributed by atoms with Crippen molar-refractivity contribution in [2.75, 3.05) is 6.61 Å². The number of hydrogen-bond acceptors (Lipinski definition) is 8.